The summed E-state index contributed by atoms with van der Waals surface area (Å²) in [4.78, 5) is 37.6. The Morgan fingerprint density at radius 2 is 1.73 bits per heavy atom. The van der Waals surface area contributed by atoms with E-state index in [9.17, 15) is 55.2 Å². The van der Waals surface area contributed by atoms with Crippen molar-refractivity contribution in [1.29, 1.82) is 0 Å². The molecule has 0 amide bonds. The normalized spacial score (nSPS) is 28.7. The van der Waals surface area contributed by atoms with Gasteiger partial charge in [0.05, 0.1) is 38.8 Å². The van der Waals surface area contributed by atoms with Crippen molar-refractivity contribution in [2.45, 2.75) is 74.1 Å². The molecule has 19 nitrogen and oxygen atoms in total. The number of fused-ring (bicyclic) bond motifs is 1. The third-order valence-corrected chi connectivity index (χ3v) is 8.49. The van der Waals surface area contributed by atoms with Gasteiger partial charge in [0.1, 0.15) is 64.8 Å². The molecular weight excluding hydrogens is 700 g/mol. The first kappa shape index (κ1) is 38.7. The Morgan fingerprint density at radius 1 is 1.04 bits per heavy atom. The molecule has 0 aliphatic carbocycles. The first-order chi connectivity index (χ1) is 24.5. The van der Waals surface area contributed by atoms with Crippen molar-refractivity contribution in [2.75, 3.05) is 26.9 Å². The van der Waals surface area contributed by atoms with E-state index in [4.69, 9.17) is 37.9 Å². The maximum Gasteiger partial charge on any atom is 0.308 e. The summed E-state index contributed by atoms with van der Waals surface area (Å²) in [6.45, 7) is -1.28. The van der Waals surface area contributed by atoms with Crippen molar-refractivity contribution in [1.82, 2.24) is 0 Å². The number of hydrogen-bond donors (Lipinski definition) is 9. The molecule has 2 fully saturated rings. The first-order valence-electron chi connectivity index (χ1n) is 15.7. The average molecular weight is 739 g/mol. The van der Waals surface area contributed by atoms with Crippen molar-refractivity contribution in [2.24, 2.45) is 0 Å². The molecule has 52 heavy (non-hydrogen) atoms. The number of phenols is 2. The highest BCUT2D eigenvalue weighted by atomic mass is 16.8. The number of carbonyl (C=O) groups excluding carboxylic acids is 1. The number of hydrogen-bond acceptors (Lipinski definition) is 18. The third-order valence-electron chi connectivity index (χ3n) is 8.49. The second-order valence-corrected chi connectivity index (χ2v) is 12.7. The summed E-state index contributed by atoms with van der Waals surface area (Å²) in [5, 5.41) is 92.5. The molecule has 284 valence electrons. The zero-order valence-electron chi connectivity index (χ0n) is 27.6. The van der Waals surface area contributed by atoms with Crippen molar-refractivity contribution in [3.05, 3.63) is 46.6 Å². The van der Waals surface area contributed by atoms with Gasteiger partial charge in [-0.25, -0.2) is 0 Å². The lowest BCUT2D eigenvalue weighted by Gasteiger charge is -2.42. The first-order valence-corrected chi connectivity index (χ1v) is 15.7. The number of ether oxygens (including phenoxy) is 6. The number of aliphatic hydroxyl groups is 6. The standard InChI is InChI=1S/C33H38O19/c1-32(44,9-20(37)38)10-21(39)47-11-19-23(40)25(42)28(52-31-29(43)33(45,12-34)13-48-31)30(50-19)51-27-24(41)22-17(36)7-16(46-2)8-18(22)49-26(27)14-3-5-15(35)6-4-14/h3-8,19,23,25,28-31,34-36,40,42-45H,9-13H2,1-2H3,(H,37,38). The zero-order valence-corrected chi connectivity index (χ0v) is 27.6. The Kier molecular flexibility index (Phi) is 11.3. The summed E-state index contributed by atoms with van der Waals surface area (Å²) in [7, 11) is 1.32. The van der Waals surface area contributed by atoms with Crippen LogP contribution in [0, 0.1) is 0 Å². The van der Waals surface area contributed by atoms with E-state index in [1.165, 1.54) is 37.4 Å². The van der Waals surface area contributed by atoms with Crippen LogP contribution in [0.1, 0.15) is 19.8 Å². The van der Waals surface area contributed by atoms with Gasteiger partial charge in [-0.2, -0.15) is 0 Å². The average Bonchev–Trinajstić information content (AvgIpc) is 3.36. The molecule has 3 aromatic rings. The zero-order chi connectivity index (χ0) is 38.1. The van der Waals surface area contributed by atoms with Crippen molar-refractivity contribution >= 4 is 22.9 Å². The number of carbonyl (C=O) groups is 2. The maximum absolute atomic E-state index is 14.1. The highest BCUT2D eigenvalue weighted by molar-refractivity contribution is 5.88. The molecule has 9 atom stereocenters. The molecule has 2 aliphatic heterocycles. The van der Waals surface area contributed by atoms with E-state index in [0.29, 0.717) is 0 Å². The van der Waals surface area contributed by atoms with E-state index in [-0.39, 0.29) is 33.8 Å². The summed E-state index contributed by atoms with van der Waals surface area (Å²) in [6.07, 6.45) is -14.7. The van der Waals surface area contributed by atoms with Crippen LogP contribution in [0.2, 0.25) is 0 Å². The van der Waals surface area contributed by atoms with Gasteiger partial charge in [0.25, 0.3) is 0 Å². The monoisotopic (exact) mass is 738 g/mol. The number of aliphatic hydroxyl groups excluding tert-OH is 4. The van der Waals surface area contributed by atoms with Gasteiger partial charge in [-0.1, -0.05) is 0 Å². The SMILES string of the molecule is COc1cc(O)c2c(=O)c(OC3OC(COC(=O)CC(C)(O)CC(=O)O)C(O)C(O)C3OC3OCC(O)(CO)C3O)c(-c3ccc(O)cc3)oc2c1. The Labute approximate surface area is 293 Å². The topological polar surface area (TPSA) is 302 Å². The minimum atomic E-state index is -2.18. The van der Waals surface area contributed by atoms with Crippen LogP contribution in [0.3, 0.4) is 0 Å². The van der Waals surface area contributed by atoms with E-state index in [2.05, 4.69) is 0 Å². The number of benzene rings is 2. The summed E-state index contributed by atoms with van der Waals surface area (Å²) in [5.74, 6) is -4.02. The van der Waals surface area contributed by atoms with Crippen LogP contribution in [-0.2, 0) is 28.5 Å². The molecule has 0 radical (unpaired) electrons. The van der Waals surface area contributed by atoms with Crippen LogP contribution < -0.4 is 14.9 Å². The minimum absolute atomic E-state index is 0.125. The molecule has 0 spiro atoms. The number of phenolic OH excluding ortho intramolecular Hbond substituents is 2. The van der Waals surface area contributed by atoms with E-state index < -0.39 is 116 Å². The fraction of sp³-hybridized carbons (Fsp3) is 0.485. The molecular formula is C33H38O19. The van der Waals surface area contributed by atoms with Crippen molar-refractivity contribution in [3.8, 4) is 34.3 Å². The third kappa shape index (κ3) is 8.07. The molecule has 0 saturated carbocycles. The van der Waals surface area contributed by atoms with Crippen LogP contribution in [0.4, 0.5) is 0 Å². The number of methoxy groups -OCH3 is 1. The Hall–Kier alpha value is -4.57. The van der Waals surface area contributed by atoms with Gasteiger partial charge in [-0.3, -0.25) is 14.4 Å². The van der Waals surface area contributed by atoms with Crippen molar-refractivity contribution in [3.63, 3.8) is 0 Å². The van der Waals surface area contributed by atoms with E-state index in [0.717, 1.165) is 13.0 Å². The van der Waals surface area contributed by atoms with Gasteiger partial charge in [0, 0.05) is 17.7 Å². The molecule has 9 unspecified atom stereocenters. The predicted molar refractivity (Wildman–Crippen MR) is 170 cm³/mol. The molecule has 1 aromatic heterocycles. The van der Waals surface area contributed by atoms with Crippen LogP contribution in [0.5, 0.6) is 23.0 Å². The van der Waals surface area contributed by atoms with Crippen molar-refractivity contribution < 1.29 is 88.4 Å². The highest BCUT2D eigenvalue weighted by Crippen LogP contribution is 2.39. The molecule has 3 heterocycles. The number of carboxylic acid groups (broad SMARTS) is 1. The second kappa shape index (κ2) is 15.2. The smallest absolute Gasteiger partial charge is 0.308 e. The van der Waals surface area contributed by atoms with Gasteiger partial charge in [-0.05, 0) is 31.2 Å². The minimum Gasteiger partial charge on any atom is -0.508 e. The van der Waals surface area contributed by atoms with Gasteiger partial charge in [-0.15, -0.1) is 0 Å². The molecule has 19 heteroatoms. The molecule has 2 aliphatic rings. The van der Waals surface area contributed by atoms with E-state index in [1.807, 2.05) is 0 Å². The maximum atomic E-state index is 14.1. The second-order valence-electron chi connectivity index (χ2n) is 12.7. The Morgan fingerprint density at radius 3 is 2.35 bits per heavy atom. The van der Waals surface area contributed by atoms with E-state index >= 15 is 0 Å². The predicted octanol–water partition coefficient (Wildman–Crippen LogP) is -1.31. The molecule has 2 saturated heterocycles. The Balaban J connectivity index is 1.54. The van der Waals surface area contributed by atoms with Crippen LogP contribution in [0.25, 0.3) is 22.3 Å². The highest BCUT2D eigenvalue weighted by Gasteiger charge is 2.54. The summed E-state index contributed by atoms with van der Waals surface area (Å²) in [6, 6.07) is 7.71. The lowest BCUT2D eigenvalue weighted by atomic mass is 9.97. The van der Waals surface area contributed by atoms with Crippen LogP contribution in [0.15, 0.2) is 45.6 Å². The molecule has 0 bridgehead atoms. The van der Waals surface area contributed by atoms with Crippen LogP contribution in [-0.4, -0.2) is 139 Å². The van der Waals surface area contributed by atoms with Gasteiger partial charge < -0.3 is 78.8 Å². The quantitative estimate of drug-likeness (QED) is 0.0920. The van der Waals surface area contributed by atoms with Crippen LogP contribution >= 0.6 is 0 Å². The van der Waals surface area contributed by atoms with E-state index in [1.54, 1.807) is 0 Å². The fourth-order valence-electron chi connectivity index (χ4n) is 5.67. The number of esters is 1. The fourth-order valence-corrected chi connectivity index (χ4v) is 5.67. The summed E-state index contributed by atoms with van der Waals surface area (Å²) in [5.41, 5.74) is -5.16. The molecule has 9 N–H and O–H groups in total. The number of aromatic hydroxyl groups is 2. The van der Waals surface area contributed by atoms with Gasteiger partial charge in [0.15, 0.2) is 18.2 Å². The van der Waals surface area contributed by atoms with Gasteiger partial charge >= 0.3 is 11.9 Å². The molecule has 5 rings (SSSR count). The lowest BCUT2D eigenvalue weighted by molar-refractivity contribution is -0.319. The lowest BCUT2D eigenvalue weighted by Crippen LogP contribution is -2.62. The number of rotatable bonds is 13. The number of aliphatic carboxylic acids is 1. The van der Waals surface area contributed by atoms with Gasteiger partial charge in [0.2, 0.25) is 17.5 Å². The number of carboxylic acids is 1. The largest absolute Gasteiger partial charge is 0.508 e. The summed E-state index contributed by atoms with van der Waals surface area (Å²) >= 11 is 0. The summed E-state index contributed by atoms with van der Waals surface area (Å²) < 4.78 is 39.2. The molecule has 2 aromatic carbocycles. The Bertz CT molecular complexity index is 1820.